The van der Waals surface area contributed by atoms with Gasteiger partial charge in [0.1, 0.15) is 0 Å². The average molecular weight is 292 g/mol. The Hall–Kier alpha value is -1.39. The molecule has 0 fully saturated rings. The summed E-state index contributed by atoms with van der Waals surface area (Å²) in [6.45, 7) is 5.76. The van der Waals surface area contributed by atoms with Gasteiger partial charge in [0.05, 0.1) is 6.54 Å². The highest BCUT2D eigenvalue weighted by Gasteiger charge is 2.10. The molecular weight excluding hydrogens is 264 g/mol. The molecule has 118 valence electrons. The zero-order valence-corrected chi connectivity index (χ0v) is 13.4. The Morgan fingerprint density at radius 2 is 1.95 bits per heavy atom. The van der Waals surface area contributed by atoms with Gasteiger partial charge in [-0.2, -0.15) is 0 Å². The quantitative estimate of drug-likeness (QED) is 0.688. The number of amides is 1. The van der Waals surface area contributed by atoms with Gasteiger partial charge in [-0.25, -0.2) is 0 Å². The van der Waals surface area contributed by atoms with E-state index in [1.807, 2.05) is 30.1 Å². The summed E-state index contributed by atoms with van der Waals surface area (Å²) in [7, 11) is 1.95. The first-order valence-corrected chi connectivity index (χ1v) is 7.72. The van der Waals surface area contributed by atoms with Crippen LogP contribution in [0, 0.1) is 0 Å². The third-order valence-electron chi connectivity index (χ3n) is 3.47. The summed E-state index contributed by atoms with van der Waals surface area (Å²) in [4.78, 5) is 14.1. The number of nitrogens with zero attached hydrogens (tertiary/aromatic N) is 1. The van der Waals surface area contributed by atoms with Gasteiger partial charge in [-0.05, 0) is 50.4 Å². The van der Waals surface area contributed by atoms with Crippen LogP contribution in [0.1, 0.15) is 44.6 Å². The molecule has 1 rings (SSSR count). The van der Waals surface area contributed by atoms with E-state index < -0.39 is 0 Å². The van der Waals surface area contributed by atoms with Crippen LogP contribution in [0.3, 0.4) is 0 Å². The van der Waals surface area contributed by atoms with Gasteiger partial charge in [-0.15, -0.1) is 0 Å². The van der Waals surface area contributed by atoms with E-state index in [1.54, 1.807) is 0 Å². The van der Waals surface area contributed by atoms with Crippen molar-refractivity contribution >= 4 is 11.6 Å². The summed E-state index contributed by atoms with van der Waals surface area (Å²) in [5.41, 5.74) is 2.07. The van der Waals surface area contributed by atoms with Crippen molar-refractivity contribution in [3.8, 4) is 0 Å². The molecular formula is C17H28N2O2. The molecule has 0 aliphatic rings. The third-order valence-corrected chi connectivity index (χ3v) is 3.47. The summed E-state index contributed by atoms with van der Waals surface area (Å²) < 4.78 is 0. The van der Waals surface area contributed by atoms with Crippen molar-refractivity contribution < 1.29 is 9.90 Å². The van der Waals surface area contributed by atoms with Crippen molar-refractivity contribution in [1.82, 2.24) is 4.90 Å². The van der Waals surface area contributed by atoms with E-state index in [2.05, 4.69) is 25.2 Å². The average Bonchev–Trinajstić information content (AvgIpc) is 2.43. The predicted octanol–water partition coefficient (Wildman–Crippen LogP) is 2.84. The van der Waals surface area contributed by atoms with Crippen LogP contribution in [0.5, 0.6) is 0 Å². The molecule has 4 heteroatoms. The lowest BCUT2D eigenvalue weighted by Gasteiger charge is -2.18. The molecule has 0 unspecified atom stereocenters. The maximum absolute atomic E-state index is 12.1. The van der Waals surface area contributed by atoms with Crippen LogP contribution in [0.15, 0.2) is 24.3 Å². The number of aliphatic hydroxyl groups is 1. The van der Waals surface area contributed by atoms with Crippen LogP contribution in [0.4, 0.5) is 5.69 Å². The van der Waals surface area contributed by atoms with Gasteiger partial charge < -0.3 is 10.4 Å². The Morgan fingerprint density at radius 3 is 2.62 bits per heavy atom. The van der Waals surface area contributed by atoms with Gasteiger partial charge in [0.2, 0.25) is 5.91 Å². The van der Waals surface area contributed by atoms with E-state index >= 15 is 0 Å². The van der Waals surface area contributed by atoms with E-state index in [0.29, 0.717) is 12.5 Å². The Balaban J connectivity index is 2.43. The number of rotatable bonds is 9. The topological polar surface area (TPSA) is 52.6 Å². The highest BCUT2D eigenvalue weighted by Crippen LogP contribution is 2.23. The summed E-state index contributed by atoms with van der Waals surface area (Å²) in [6, 6.07) is 7.95. The lowest BCUT2D eigenvalue weighted by molar-refractivity contribution is -0.117. The number of anilines is 1. The Bertz CT molecular complexity index is 433. The first kappa shape index (κ1) is 17.7. The van der Waals surface area contributed by atoms with Crippen molar-refractivity contribution in [2.24, 2.45) is 0 Å². The summed E-state index contributed by atoms with van der Waals surface area (Å²) in [5, 5.41) is 11.7. The minimum atomic E-state index is 0.0211. The fourth-order valence-electron chi connectivity index (χ4n) is 2.30. The van der Waals surface area contributed by atoms with Crippen LogP contribution in [-0.2, 0) is 4.79 Å². The third kappa shape index (κ3) is 6.74. The van der Waals surface area contributed by atoms with Crippen LogP contribution in [-0.4, -0.2) is 42.7 Å². The second kappa shape index (κ2) is 9.53. The lowest BCUT2D eigenvalue weighted by Crippen LogP contribution is -2.31. The zero-order chi connectivity index (χ0) is 15.7. The number of unbranched alkanes of at least 4 members (excludes halogenated alkanes) is 2. The normalized spacial score (nSPS) is 11.1. The van der Waals surface area contributed by atoms with Gasteiger partial charge in [-0.1, -0.05) is 32.0 Å². The molecule has 0 saturated carbocycles. The lowest BCUT2D eigenvalue weighted by atomic mass is 10.0. The molecule has 1 aromatic carbocycles. The second-order valence-electron chi connectivity index (χ2n) is 5.81. The summed E-state index contributed by atoms with van der Waals surface area (Å²) in [5.74, 6) is 0.408. The molecule has 0 saturated heterocycles. The molecule has 0 bridgehead atoms. The summed E-state index contributed by atoms with van der Waals surface area (Å²) in [6.07, 6.45) is 2.84. The fraction of sp³-hybridized carbons (Fsp3) is 0.588. The molecule has 0 aromatic heterocycles. The smallest absolute Gasteiger partial charge is 0.238 e. The number of likely N-dealkylation sites (N-methyl/N-ethyl adjacent to an activating group) is 1. The molecule has 0 heterocycles. The summed E-state index contributed by atoms with van der Waals surface area (Å²) >= 11 is 0. The van der Waals surface area contributed by atoms with Crippen LogP contribution < -0.4 is 5.32 Å². The van der Waals surface area contributed by atoms with Gasteiger partial charge in [0.15, 0.2) is 0 Å². The standard InChI is InChI=1S/C17H28N2O2/c1-14(2)15-9-5-6-10-16(15)18-17(21)13-19(3)11-7-4-8-12-20/h5-6,9-10,14,20H,4,7-8,11-13H2,1-3H3,(H,18,21). The highest BCUT2D eigenvalue weighted by molar-refractivity contribution is 5.93. The molecule has 0 aliphatic carbocycles. The number of para-hydroxylation sites is 1. The number of hydrogen-bond acceptors (Lipinski definition) is 3. The maximum Gasteiger partial charge on any atom is 0.238 e. The Kier molecular flexibility index (Phi) is 8.01. The van der Waals surface area contributed by atoms with Crippen molar-refractivity contribution in [2.75, 3.05) is 32.1 Å². The molecule has 4 nitrogen and oxygen atoms in total. The van der Waals surface area contributed by atoms with E-state index in [1.165, 1.54) is 0 Å². The molecule has 0 radical (unpaired) electrons. The molecule has 0 spiro atoms. The van der Waals surface area contributed by atoms with E-state index in [-0.39, 0.29) is 12.5 Å². The Morgan fingerprint density at radius 1 is 1.24 bits per heavy atom. The molecule has 0 atom stereocenters. The Labute approximate surface area is 128 Å². The number of carbonyl (C=O) groups excluding carboxylic acids is 1. The SMILES string of the molecule is CC(C)c1ccccc1NC(=O)CN(C)CCCCCO. The van der Waals surface area contributed by atoms with Crippen molar-refractivity contribution in [3.63, 3.8) is 0 Å². The molecule has 21 heavy (non-hydrogen) atoms. The minimum absolute atomic E-state index is 0.0211. The van der Waals surface area contributed by atoms with Crippen molar-refractivity contribution in [3.05, 3.63) is 29.8 Å². The van der Waals surface area contributed by atoms with E-state index in [0.717, 1.165) is 37.1 Å². The first-order valence-electron chi connectivity index (χ1n) is 7.72. The number of benzene rings is 1. The molecule has 2 N–H and O–H groups in total. The number of hydrogen-bond donors (Lipinski definition) is 2. The maximum atomic E-state index is 12.1. The van der Waals surface area contributed by atoms with Gasteiger partial charge in [0, 0.05) is 12.3 Å². The largest absolute Gasteiger partial charge is 0.396 e. The monoisotopic (exact) mass is 292 g/mol. The zero-order valence-electron chi connectivity index (χ0n) is 13.4. The first-order chi connectivity index (χ1) is 10.0. The van der Waals surface area contributed by atoms with Crippen LogP contribution >= 0.6 is 0 Å². The molecule has 1 amide bonds. The van der Waals surface area contributed by atoms with Crippen LogP contribution in [0.25, 0.3) is 0 Å². The van der Waals surface area contributed by atoms with Crippen LogP contribution in [0.2, 0.25) is 0 Å². The predicted molar refractivity (Wildman–Crippen MR) is 87.6 cm³/mol. The van der Waals surface area contributed by atoms with Gasteiger partial charge in [0.25, 0.3) is 0 Å². The highest BCUT2D eigenvalue weighted by atomic mass is 16.2. The second-order valence-corrected chi connectivity index (χ2v) is 5.81. The van der Waals surface area contributed by atoms with E-state index in [4.69, 9.17) is 5.11 Å². The van der Waals surface area contributed by atoms with Gasteiger partial charge >= 0.3 is 0 Å². The minimum Gasteiger partial charge on any atom is -0.396 e. The molecule has 0 aliphatic heterocycles. The van der Waals surface area contributed by atoms with Gasteiger partial charge in [-0.3, -0.25) is 9.69 Å². The number of nitrogens with one attached hydrogen (secondary N) is 1. The van der Waals surface area contributed by atoms with Crippen molar-refractivity contribution in [1.29, 1.82) is 0 Å². The van der Waals surface area contributed by atoms with E-state index in [9.17, 15) is 4.79 Å². The van der Waals surface area contributed by atoms with Crippen molar-refractivity contribution in [2.45, 2.75) is 39.0 Å². The fourth-order valence-corrected chi connectivity index (χ4v) is 2.30. The number of aliphatic hydroxyl groups excluding tert-OH is 1. The number of carbonyl (C=O) groups is 1. The molecule has 1 aromatic rings.